The van der Waals surface area contributed by atoms with Gasteiger partial charge in [-0.3, -0.25) is 14.2 Å². The minimum absolute atomic E-state index is 0.0170. The van der Waals surface area contributed by atoms with Gasteiger partial charge >= 0.3 is 12.6 Å². The Labute approximate surface area is 188 Å². The summed E-state index contributed by atoms with van der Waals surface area (Å²) in [6.07, 6.45) is 0.637. The molecule has 0 bridgehead atoms. The van der Waals surface area contributed by atoms with E-state index in [0.717, 1.165) is 6.07 Å². The van der Waals surface area contributed by atoms with Gasteiger partial charge < -0.3 is 14.2 Å². The van der Waals surface area contributed by atoms with Gasteiger partial charge in [-0.15, -0.1) is 0 Å². The van der Waals surface area contributed by atoms with Crippen molar-refractivity contribution in [1.29, 1.82) is 0 Å². The number of alkyl halides is 2. The van der Waals surface area contributed by atoms with Crippen LogP contribution in [0, 0.1) is 12.7 Å². The Morgan fingerprint density at radius 1 is 1.12 bits per heavy atom. The van der Waals surface area contributed by atoms with Crippen molar-refractivity contribution in [2.75, 3.05) is 7.11 Å². The van der Waals surface area contributed by atoms with E-state index in [9.17, 15) is 18.4 Å². The van der Waals surface area contributed by atoms with Gasteiger partial charge in [0.25, 0.3) is 5.91 Å². The molecule has 9 heteroatoms. The van der Waals surface area contributed by atoms with Crippen LogP contribution in [0.3, 0.4) is 0 Å². The van der Waals surface area contributed by atoms with Crippen LogP contribution < -0.4 is 14.2 Å². The minimum Gasteiger partial charge on any atom is -0.493 e. The molecule has 0 radical (unpaired) electrons. The lowest BCUT2D eigenvalue weighted by Gasteiger charge is -2.17. The normalized spacial score (nSPS) is 12.2. The lowest BCUT2D eigenvalue weighted by molar-refractivity contribution is -0.131. The summed E-state index contributed by atoms with van der Waals surface area (Å²) in [4.78, 5) is 25.3. The predicted octanol–water partition coefficient (Wildman–Crippen LogP) is 5.83. The fraction of sp³-hybridized carbons (Fsp3) is 0.333. The summed E-state index contributed by atoms with van der Waals surface area (Å²) in [7, 11) is 1.35. The molecule has 176 valence electrons. The van der Waals surface area contributed by atoms with Crippen LogP contribution in [0.4, 0.5) is 13.2 Å². The SMILES string of the molecule is CC[C@@H](C)c1c(OC)c(F)cc2c1c(OC(C)=O)c(C)n2C(=O)c1ccc(OC(F)F)cc1. The average molecular weight is 463 g/mol. The summed E-state index contributed by atoms with van der Waals surface area (Å²) in [5.74, 6) is -1.95. The van der Waals surface area contributed by atoms with Gasteiger partial charge in [-0.2, -0.15) is 8.78 Å². The number of carbonyl (C=O) groups is 2. The molecule has 0 aliphatic carbocycles. The zero-order valence-corrected chi connectivity index (χ0v) is 18.9. The van der Waals surface area contributed by atoms with E-state index in [4.69, 9.17) is 9.47 Å². The number of carbonyl (C=O) groups excluding carboxylic acids is 2. The highest BCUT2D eigenvalue weighted by atomic mass is 19.3. The number of halogens is 3. The van der Waals surface area contributed by atoms with Crippen LogP contribution in [-0.2, 0) is 4.79 Å². The Kier molecular flexibility index (Phi) is 7.00. The van der Waals surface area contributed by atoms with Crippen LogP contribution in [0.15, 0.2) is 30.3 Å². The first kappa shape index (κ1) is 24.2. The van der Waals surface area contributed by atoms with Crippen LogP contribution >= 0.6 is 0 Å². The Bertz CT molecular complexity index is 1200. The standard InChI is InChI=1S/C24H24F3NO5/c1-6-12(2)19-20-18(11-17(25)22(19)31-5)28(13(3)21(20)32-14(4)29)23(30)15-7-9-16(10-8-15)33-24(26)27/h7-12,24H,6H2,1-5H3/t12-/m1/s1. The molecule has 1 aromatic heterocycles. The third-order valence-corrected chi connectivity index (χ3v) is 5.47. The minimum atomic E-state index is -2.99. The van der Waals surface area contributed by atoms with E-state index >= 15 is 4.39 Å². The fourth-order valence-corrected chi connectivity index (χ4v) is 3.84. The fourth-order valence-electron chi connectivity index (χ4n) is 3.84. The molecule has 6 nitrogen and oxygen atoms in total. The maximum absolute atomic E-state index is 15.1. The molecule has 3 aromatic rings. The number of nitrogens with zero attached hydrogens (tertiary/aromatic N) is 1. The van der Waals surface area contributed by atoms with E-state index < -0.39 is 24.3 Å². The number of methoxy groups -OCH3 is 1. The van der Waals surface area contributed by atoms with Crippen LogP contribution in [-0.4, -0.2) is 30.2 Å². The molecule has 2 aromatic carbocycles. The number of hydrogen-bond donors (Lipinski definition) is 0. The number of aromatic nitrogens is 1. The molecule has 0 unspecified atom stereocenters. The molecule has 0 N–H and O–H groups in total. The number of ether oxygens (including phenoxy) is 3. The molecule has 0 aliphatic heterocycles. The van der Waals surface area contributed by atoms with Crippen LogP contribution in [0.2, 0.25) is 0 Å². The summed E-state index contributed by atoms with van der Waals surface area (Å²) in [6, 6.07) is 6.29. The topological polar surface area (TPSA) is 66.8 Å². The van der Waals surface area contributed by atoms with E-state index in [1.54, 1.807) is 6.92 Å². The summed E-state index contributed by atoms with van der Waals surface area (Å²) >= 11 is 0. The zero-order chi connectivity index (χ0) is 24.4. The molecule has 0 aliphatic rings. The van der Waals surface area contributed by atoms with Crippen molar-refractivity contribution in [1.82, 2.24) is 4.57 Å². The average Bonchev–Trinajstić information content (AvgIpc) is 3.02. The zero-order valence-electron chi connectivity index (χ0n) is 18.9. The van der Waals surface area contributed by atoms with Crippen LogP contribution in [0.25, 0.3) is 10.9 Å². The maximum atomic E-state index is 15.1. The highest BCUT2D eigenvalue weighted by Gasteiger charge is 2.29. The molecule has 0 amide bonds. The molecule has 1 atom stereocenters. The van der Waals surface area contributed by atoms with Crippen molar-refractivity contribution in [3.05, 3.63) is 53.0 Å². The second-order valence-corrected chi connectivity index (χ2v) is 7.56. The molecule has 0 saturated carbocycles. The van der Waals surface area contributed by atoms with Gasteiger partial charge in [0, 0.05) is 24.1 Å². The smallest absolute Gasteiger partial charge is 0.387 e. The van der Waals surface area contributed by atoms with Gasteiger partial charge in [0.15, 0.2) is 17.3 Å². The van der Waals surface area contributed by atoms with Crippen molar-refractivity contribution >= 4 is 22.8 Å². The highest BCUT2D eigenvalue weighted by molar-refractivity contribution is 6.07. The van der Waals surface area contributed by atoms with Gasteiger partial charge in [-0.25, -0.2) is 4.39 Å². The Morgan fingerprint density at radius 2 is 1.76 bits per heavy atom. The van der Waals surface area contributed by atoms with Crippen molar-refractivity contribution < 1.29 is 37.0 Å². The van der Waals surface area contributed by atoms with Gasteiger partial charge in [0.2, 0.25) is 0 Å². The largest absolute Gasteiger partial charge is 0.493 e. The van der Waals surface area contributed by atoms with Gasteiger partial charge in [0.1, 0.15) is 5.75 Å². The van der Waals surface area contributed by atoms with Gasteiger partial charge in [-0.05, 0) is 43.5 Å². The number of hydrogen-bond acceptors (Lipinski definition) is 5. The van der Waals surface area contributed by atoms with Crippen LogP contribution in [0.5, 0.6) is 17.2 Å². The van der Waals surface area contributed by atoms with E-state index in [1.165, 1.54) is 42.9 Å². The van der Waals surface area contributed by atoms with E-state index in [-0.39, 0.29) is 39.9 Å². The molecule has 33 heavy (non-hydrogen) atoms. The maximum Gasteiger partial charge on any atom is 0.387 e. The Morgan fingerprint density at radius 3 is 2.27 bits per heavy atom. The second-order valence-electron chi connectivity index (χ2n) is 7.56. The summed E-state index contributed by atoms with van der Waals surface area (Å²) in [6.45, 7) is 3.62. The third kappa shape index (κ3) is 4.53. The lowest BCUT2D eigenvalue weighted by atomic mass is 9.93. The number of esters is 1. The Hall–Kier alpha value is -3.49. The molecular formula is C24H24F3NO5. The first-order valence-corrected chi connectivity index (χ1v) is 10.3. The van der Waals surface area contributed by atoms with Crippen LogP contribution in [0.1, 0.15) is 54.7 Å². The molecule has 3 rings (SSSR count). The van der Waals surface area contributed by atoms with E-state index in [2.05, 4.69) is 4.74 Å². The first-order valence-electron chi connectivity index (χ1n) is 10.3. The molecule has 0 saturated heterocycles. The third-order valence-electron chi connectivity index (χ3n) is 5.47. The summed E-state index contributed by atoms with van der Waals surface area (Å²) in [5, 5.41) is 0.404. The van der Waals surface area contributed by atoms with Gasteiger partial charge in [-0.1, -0.05) is 13.8 Å². The molecule has 1 heterocycles. The lowest BCUT2D eigenvalue weighted by Crippen LogP contribution is -2.14. The summed E-state index contributed by atoms with van der Waals surface area (Å²) < 4.78 is 56.3. The quantitative estimate of drug-likeness (QED) is 0.413. The number of benzene rings is 2. The van der Waals surface area contributed by atoms with Crippen molar-refractivity contribution in [2.24, 2.45) is 0 Å². The monoisotopic (exact) mass is 463 g/mol. The van der Waals surface area contributed by atoms with Crippen molar-refractivity contribution in [3.63, 3.8) is 0 Å². The molecule has 0 spiro atoms. The second kappa shape index (κ2) is 9.56. The first-order chi connectivity index (χ1) is 15.6. The number of rotatable bonds is 7. The van der Waals surface area contributed by atoms with Crippen molar-refractivity contribution in [2.45, 2.75) is 46.6 Å². The van der Waals surface area contributed by atoms with Gasteiger partial charge in [0.05, 0.1) is 23.7 Å². The molecular weight excluding hydrogens is 439 g/mol. The predicted molar refractivity (Wildman–Crippen MR) is 116 cm³/mol. The summed E-state index contributed by atoms with van der Waals surface area (Å²) in [5.41, 5.74) is 1.12. The van der Waals surface area contributed by atoms with E-state index in [1.807, 2.05) is 13.8 Å². The van der Waals surface area contributed by atoms with E-state index in [0.29, 0.717) is 17.4 Å². The van der Waals surface area contributed by atoms with Crippen molar-refractivity contribution in [3.8, 4) is 17.2 Å². The highest BCUT2D eigenvalue weighted by Crippen LogP contribution is 2.45. The molecule has 0 fully saturated rings. The number of fused-ring (bicyclic) bond motifs is 1. The Balaban J connectivity index is 2.30.